The maximum atomic E-state index is 6.14. The number of hydrogen-bond donors (Lipinski definition) is 2. The van der Waals surface area contributed by atoms with Crippen LogP contribution in [0.15, 0.2) is 70.9 Å². The van der Waals surface area contributed by atoms with Crippen LogP contribution in [0, 0.1) is 0 Å². The highest BCUT2D eigenvalue weighted by Gasteiger charge is 2.26. The molecule has 0 spiro atoms. The van der Waals surface area contributed by atoms with Gasteiger partial charge in [0, 0.05) is 11.3 Å². The van der Waals surface area contributed by atoms with Gasteiger partial charge in [-0.05, 0) is 12.1 Å². The van der Waals surface area contributed by atoms with Gasteiger partial charge in [0.05, 0.1) is 5.56 Å². The molecule has 0 radical (unpaired) electrons. The molecule has 0 fully saturated rings. The molecule has 1 aromatic heterocycles. The van der Waals surface area contributed by atoms with Crippen LogP contribution in [-0.2, 0) is 0 Å². The third-order valence-corrected chi connectivity index (χ3v) is 3.61. The zero-order valence-corrected chi connectivity index (χ0v) is 12.2. The predicted molar refractivity (Wildman–Crippen MR) is 89.2 cm³/mol. The highest BCUT2D eigenvalue weighted by atomic mass is 15.3. The fraction of sp³-hybridized carbons (Fsp3) is 0.0588. The summed E-state index contributed by atoms with van der Waals surface area (Å²) in [5.41, 5.74) is 8.70. The monoisotopic (exact) mass is 302 g/mol. The number of azo groups is 1. The number of benzene rings is 2. The molecule has 2 aromatic carbocycles. The maximum Gasteiger partial charge on any atom is 0.187 e. The molecule has 2 heterocycles. The molecule has 1 aliphatic rings. The van der Waals surface area contributed by atoms with Crippen molar-refractivity contribution in [1.29, 1.82) is 0 Å². The summed E-state index contributed by atoms with van der Waals surface area (Å²) >= 11 is 0. The Morgan fingerprint density at radius 2 is 1.57 bits per heavy atom. The van der Waals surface area contributed by atoms with Gasteiger partial charge in [-0.3, -0.25) is 0 Å². The van der Waals surface area contributed by atoms with Crippen LogP contribution in [0.25, 0.3) is 11.4 Å². The number of nitrogens with zero attached hydrogens (tertiary/aromatic N) is 4. The molecule has 0 saturated heterocycles. The van der Waals surface area contributed by atoms with Crippen molar-refractivity contribution in [2.24, 2.45) is 10.2 Å². The van der Waals surface area contributed by atoms with Crippen LogP contribution in [0.4, 0.5) is 17.3 Å². The first-order chi connectivity index (χ1) is 11.3. The van der Waals surface area contributed by atoms with Gasteiger partial charge in [-0.2, -0.15) is 5.11 Å². The Hall–Kier alpha value is -3.28. The Bertz CT molecular complexity index is 861. The standard InChI is InChI=1S/C17H14N6/c18-14-13-16(19-12-9-5-2-6-10-12)22-23-17(13)21-15(20-14)11-7-3-1-4-8-11/h1-10,16,19H,(H2,18,20,21). The smallest absolute Gasteiger partial charge is 0.187 e. The van der Waals surface area contributed by atoms with Crippen molar-refractivity contribution < 1.29 is 0 Å². The van der Waals surface area contributed by atoms with Crippen LogP contribution in [0.2, 0.25) is 0 Å². The van der Waals surface area contributed by atoms with Gasteiger partial charge in [0.2, 0.25) is 0 Å². The van der Waals surface area contributed by atoms with Gasteiger partial charge in [0.1, 0.15) is 5.82 Å². The minimum Gasteiger partial charge on any atom is -0.383 e. The van der Waals surface area contributed by atoms with Crippen molar-refractivity contribution in [3.8, 4) is 11.4 Å². The van der Waals surface area contributed by atoms with Gasteiger partial charge in [-0.1, -0.05) is 48.5 Å². The van der Waals surface area contributed by atoms with Crippen LogP contribution < -0.4 is 11.1 Å². The van der Waals surface area contributed by atoms with E-state index in [9.17, 15) is 0 Å². The van der Waals surface area contributed by atoms with Gasteiger partial charge in [-0.25, -0.2) is 9.97 Å². The Balaban J connectivity index is 1.69. The molecule has 3 N–H and O–H groups in total. The van der Waals surface area contributed by atoms with E-state index in [-0.39, 0.29) is 6.17 Å². The zero-order valence-electron chi connectivity index (χ0n) is 12.2. The van der Waals surface area contributed by atoms with Gasteiger partial charge < -0.3 is 11.1 Å². The zero-order chi connectivity index (χ0) is 15.6. The summed E-state index contributed by atoms with van der Waals surface area (Å²) in [5, 5.41) is 11.7. The van der Waals surface area contributed by atoms with E-state index in [2.05, 4.69) is 25.5 Å². The summed E-state index contributed by atoms with van der Waals surface area (Å²) in [4.78, 5) is 8.90. The number of rotatable bonds is 3. The number of nitrogen functional groups attached to an aromatic ring is 1. The van der Waals surface area contributed by atoms with Crippen LogP contribution in [-0.4, -0.2) is 9.97 Å². The Morgan fingerprint density at radius 3 is 2.30 bits per heavy atom. The SMILES string of the molecule is Nc1nc(-c2ccccc2)nc2c1C(Nc1ccccc1)N=N2. The van der Waals surface area contributed by atoms with E-state index in [1.807, 2.05) is 60.7 Å². The van der Waals surface area contributed by atoms with Crippen molar-refractivity contribution >= 4 is 17.3 Å². The van der Waals surface area contributed by atoms with Gasteiger partial charge >= 0.3 is 0 Å². The van der Waals surface area contributed by atoms with E-state index >= 15 is 0 Å². The summed E-state index contributed by atoms with van der Waals surface area (Å²) in [6.45, 7) is 0. The fourth-order valence-corrected chi connectivity index (χ4v) is 2.49. The average Bonchev–Trinajstić information content (AvgIpc) is 3.00. The van der Waals surface area contributed by atoms with Crippen LogP contribution in [0.5, 0.6) is 0 Å². The average molecular weight is 302 g/mol. The number of nitrogens with two attached hydrogens (primary N) is 1. The third-order valence-electron chi connectivity index (χ3n) is 3.61. The largest absolute Gasteiger partial charge is 0.383 e. The first-order valence-corrected chi connectivity index (χ1v) is 7.26. The molecule has 0 amide bonds. The molecule has 23 heavy (non-hydrogen) atoms. The second-order valence-electron chi connectivity index (χ2n) is 5.16. The van der Waals surface area contributed by atoms with E-state index in [0.717, 1.165) is 11.3 Å². The first kappa shape index (κ1) is 13.4. The molecule has 1 atom stereocenters. The van der Waals surface area contributed by atoms with E-state index in [1.54, 1.807) is 0 Å². The lowest BCUT2D eigenvalue weighted by Crippen LogP contribution is -2.10. The number of hydrogen-bond acceptors (Lipinski definition) is 6. The van der Waals surface area contributed by atoms with Crippen molar-refractivity contribution in [3.63, 3.8) is 0 Å². The molecule has 6 nitrogen and oxygen atoms in total. The fourth-order valence-electron chi connectivity index (χ4n) is 2.49. The van der Waals surface area contributed by atoms with E-state index in [4.69, 9.17) is 5.73 Å². The Labute approximate surface area is 133 Å². The predicted octanol–water partition coefficient (Wildman–Crippen LogP) is 3.93. The first-order valence-electron chi connectivity index (χ1n) is 7.26. The molecule has 1 unspecified atom stereocenters. The number of aromatic nitrogens is 2. The summed E-state index contributed by atoms with van der Waals surface area (Å²) in [6.07, 6.45) is -0.364. The third kappa shape index (κ3) is 2.50. The number of fused-ring (bicyclic) bond motifs is 1. The lowest BCUT2D eigenvalue weighted by molar-refractivity contribution is 0.827. The van der Waals surface area contributed by atoms with E-state index in [1.165, 1.54) is 0 Å². The summed E-state index contributed by atoms with van der Waals surface area (Å²) < 4.78 is 0. The molecule has 0 saturated carbocycles. The van der Waals surface area contributed by atoms with Crippen molar-refractivity contribution in [2.45, 2.75) is 6.17 Å². The molecule has 1 aliphatic heterocycles. The van der Waals surface area contributed by atoms with Crippen molar-refractivity contribution in [2.75, 3.05) is 11.1 Å². The van der Waals surface area contributed by atoms with Gasteiger partial charge in [0.25, 0.3) is 0 Å². The molecule has 3 aromatic rings. The second-order valence-corrected chi connectivity index (χ2v) is 5.16. The molecule has 0 bridgehead atoms. The van der Waals surface area contributed by atoms with E-state index < -0.39 is 0 Å². The second kappa shape index (κ2) is 5.49. The lowest BCUT2D eigenvalue weighted by Gasteiger charge is -2.13. The molecular formula is C17H14N6. The Kier molecular flexibility index (Phi) is 3.20. The molecule has 112 valence electrons. The quantitative estimate of drug-likeness (QED) is 0.767. The molecular weight excluding hydrogens is 288 g/mol. The minimum atomic E-state index is -0.364. The number of para-hydroxylation sites is 1. The minimum absolute atomic E-state index is 0.364. The van der Waals surface area contributed by atoms with Gasteiger partial charge in [0.15, 0.2) is 17.8 Å². The van der Waals surface area contributed by atoms with Crippen LogP contribution >= 0.6 is 0 Å². The van der Waals surface area contributed by atoms with Crippen molar-refractivity contribution in [3.05, 3.63) is 66.2 Å². The maximum absolute atomic E-state index is 6.14. The van der Waals surface area contributed by atoms with Crippen LogP contribution in [0.3, 0.4) is 0 Å². The number of nitrogens with one attached hydrogen (secondary N) is 1. The summed E-state index contributed by atoms with van der Waals surface area (Å²) in [5.74, 6) is 1.47. The van der Waals surface area contributed by atoms with Crippen LogP contribution in [0.1, 0.15) is 11.7 Å². The summed E-state index contributed by atoms with van der Waals surface area (Å²) in [7, 11) is 0. The highest BCUT2D eigenvalue weighted by molar-refractivity contribution is 5.65. The molecule has 4 rings (SSSR count). The summed E-state index contributed by atoms with van der Waals surface area (Å²) in [6, 6.07) is 19.5. The lowest BCUT2D eigenvalue weighted by atomic mass is 10.2. The normalized spacial score (nSPS) is 15.4. The number of anilines is 2. The Morgan fingerprint density at radius 1 is 0.870 bits per heavy atom. The van der Waals surface area contributed by atoms with Crippen molar-refractivity contribution in [1.82, 2.24) is 9.97 Å². The highest BCUT2D eigenvalue weighted by Crippen LogP contribution is 2.38. The van der Waals surface area contributed by atoms with Gasteiger partial charge in [-0.15, -0.1) is 5.11 Å². The van der Waals surface area contributed by atoms with E-state index in [0.29, 0.717) is 23.0 Å². The topological polar surface area (TPSA) is 88.5 Å². The molecule has 0 aliphatic carbocycles. The molecule has 6 heteroatoms.